The Hall–Kier alpha value is -2.14. The predicted octanol–water partition coefficient (Wildman–Crippen LogP) is 22.4. The average Bonchev–Trinajstić information content (AvgIpc) is 3.39. The molecule has 73 heavy (non-hydrogen) atoms. The number of aliphatic hydroxyl groups is 1. The van der Waals surface area contributed by atoms with Crippen molar-refractivity contribution >= 4 is 11.9 Å². The largest absolute Gasteiger partial charge is 0.462 e. The van der Waals surface area contributed by atoms with E-state index in [1.165, 1.54) is 270 Å². The van der Waals surface area contributed by atoms with E-state index in [-0.39, 0.29) is 25.2 Å². The molecule has 0 aliphatic rings. The molecular formula is C68H126O5. The second-order valence-corrected chi connectivity index (χ2v) is 22.2. The Balaban J connectivity index is 3.39. The fourth-order valence-electron chi connectivity index (χ4n) is 10.0. The zero-order valence-corrected chi connectivity index (χ0v) is 49.2. The van der Waals surface area contributed by atoms with Crippen LogP contribution in [0.25, 0.3) is 0 Å². The maximum absolute atomic E-state index is 12.3. The second kappa shape index (κ2) is 64.1. The summed E-state index contributed by atoms with van der Waals surface area (Å²) in [6, 6.07) is 0. The van der Waals surface area contributed by atoms with Crippen LogP contribution < -0.4 is 0 Å². The van der Waals surface area contributed by atoms with Gasteiger partial charge in [-0.1, -0.05) is 339 Å². The first-order valence-corrected chi connectivity index (χ1v) is 32.7. The average molecular weight is 1020 g/mol. The van der Waals surface area contributed by atoms with Gasteiger partial charge in [0, 0.05) is 12.8 Å². The summed E-state index contributed by atoms with van der Waals surface area (Å²) in [5.74, 6) is -0.567. The van der Waals surface area contributed by atoms with E-state index in [2.05, 4.69) is 62.5 Å². The predicted molar refractivity (Wildman–Crippen MR) is 321 cm³/mol. The molecule has 0 rings (SSSR count). The molecule has 5 nitrogen and oxygen atoms in total. The highest BCUT2D eigenvalue weighted by Crippen LogP contribution is 2.19. The van der Waals surface area contributed by atoms with E-state index in [1.807, 2.05) is 0 Å². The number of rotatable bonds is 61. The monoisotopic (exact) mass is 1020 g/mol. The Labute approximate surface area is 456 Å². The van der Waals surface area contributed by atoms with Crippen LogP contribution in [0.3, 0.4) is 0 Å². The Bertz CT molecular complexity index is 1200. The number of hydrogen-bond acceptors (Lipinski definition) is 5. The zero-order chi connectivity index (χ0) is 52.7. The van der Waals surface area contributed by atoms with Crippen molar-refractivity contribution in [1.29, 1.82) is 0 Å². The highest BCUT2D eigenvalue weighted by atomic mass is 16.6. The van der Waals surface area contributed by atoms with Crippen molar-refractivity contribution in [2.75, 3.05) is 13.2 Å². The molecule has 0 bridgehead atoms. The van der Waals surface area contributed by atoms with Crippen molar-refractivity contribution in [2.45, 2.75) is 360 Å². The van der Waals surface area contributed by atoms with E-state index in [0.29, 0.717) is 12.8 Å². The standard InChI is InChI=1S/C68H126O5/c1-3-5-7-9-11-13-15-17-19-21-23-25-27-29-30-31-32-33-34-35-36-37-38-39-41-43-45-47-49-51-53-55-57-59-61-63-68(71)73-66(64-69)65-72-67(70)62-60-58-56-54-52-50-48-46-44-42-40-28-26-24-22-20-18-16-14-12-10-8-6-4-2/h5,7,11,13,17,19,23,25,66,69H,3-4,6,8-10,12,14-16,18,20-22,24,26-65H2,1-2H3/b7-5-,13-11-,19-17-,25-23-. The van der Waals surface area contributed by atoms with Gasteiger partial charge in [0.1, 0.15) is 6.61 Å². The molecule has 0 saturated heterocycles. The van der Waals surface area contributed by atoms with Crippen LogP contribution >= 0.6 is 0 Å². The van der Waals surface area contributed by atoms with Gasteiger partial charge in [0.2, 0.25) is 0 Å². The summed E-state index contributed by atoms with van der Waals surface area (Å²) >= 11 is 0. The molecule has 0 aliphatic carbocycles. The lowest BCUT2D eigenvalue weighted by Gasteiger charge is -2.15. The van der Waals surface area contributed by atoms with Gasteiger partial charge >= 0.3 is 11.9 Å². The Kier molecular flexibility index (Phi) is 62.3. The van der Waals surface area contributed by atoms with Gasteiger partial charge in [0.15, 0.2) is 6.10 Å². The van der Waals surface area contributed by atoms with Gasteiger partial charge in [-0.05, 0) is 51.4 Å². The Morgan fingerprint density at radius 1 is 0.329 bits per heavy atom. The minimum atomic E-state index is -0.769. The molecule has 0 aliphatic heterocycles. The topological polar surface area (TPSA) is 72.8 Å². The number of esters is 2. The summed E-state index contributed by atoms with van der Waals surface area (Å²) in [6.07, 6.45) is 85.6. The molecule has 0 fully saturated rings. The summed E-state index contributed by atoms with van der Waals surface area (Å²) in [6.45, 7) is 4.09. The third kappa shape index (κ3) is 62.3. The number of aliphatic hydroxyl groups excluding tert-OH is 1. The third-order valence-electron chi connectivity index (χ3n) is 14.9. The van der Waals surface area contributed by atoms with Crippen LogP contribution in [0.4, 0.5) is 0 Å². The highest BCUT2D eigenvalue weighted by Gasteiger charge is 2.16. The summed E-state index contributed by atoms with van der Waals surface area (Å²) in [5, 5.41) is 9.68. The summed E-state index contributed by atoms with van der Waals surface area (Å²) in [7, 11) is 0. The van der Waals surface area contributed by atoms with Crippen LogP contribution in [0.1, 0.15) is 354 Å². The van der Waals surface area contributed by atoms with Crippen LogP contribution in [0.15, 0.2) is 48.6 Å². The first-order valence-electron chi connectivity index (χ1n) is 32.7. The molecule has 1 unspecified atom stereocenters. The van der Waals surface area contributed by atoms with Gasteiger partial charge in [-0.15, -0.1) is 0 Å². The molecule has 0 heterocycles. The van der Waals surface area contributed by atoms with Crippen molar-refractivity contribution in [3.8, 4) is 0 Å². The molecule has 5 heteroatoms. The van der Waals surface area contributed by atoms with Crippen molar-refractivity contribution in [1.82, 2.24) is 0 Å². The van der Waals surface area contributed by atoms with Crippen LogP contribution in [-0.4, -0.2) is 36.4 Å². The fraction of sp³-hybridized carbons (Fsp3) is 0.853. The fourth-order valence-corrected chi connectivity index (χ4v) is 10.0. The van der Waals surface area contributed by atoms with E-state index in [9.17, 15) is 14.7 Å². The number of ether oxygens (including phenoxy) is 2. The maximum Gasteiger partial charge on any atom is 0.306 e. The summed E-state index contributed by atoms with van der Waals surface area (Å²) in [4.78, 5) is 24.6. The lowest BCUT2D eigenvalue weighted by atomic mass is 10.0. The molecule has 0 saturated carbocycles. The first kappa shape index (κ1) is 70.9. The number of unbranched alkanes of at least 4 members (excludes halogenated alkanes) is 45. The van der Waals surface area contributed by atoms with E-state index < -0.39 is 6.10 Å². The molecule has 0 aromatic rings. The molecular weight excluding hydrogens is 897 g/mol. The first-order chi connectivity index (χ1) is 36.1. The van der Waals surface area contributed by atoms with E-state index in [0.717, 1.165) is 57.8 Å². The van der Waals surface area contributed by atoms with Gasteiger partial charge in [0.25, 0.3) is 0 Å². The van der Waals surface area contributed by atoms with Gasteiger partial charge in [-0.2, -0.15) is 0 Å². The van der Waals surface area contributed by atoms with Crippen LogP contribution in [-0.2, 0) is 19.1 Å². The molecule has 0 radical (unpaired) electrons. The Morgan fingerprint density at radius 3 is 0.890 bits per heavy atom. The van der Waals surface area contributed by atoms with Gasteiger partial charge < -0.3 is 14.6 Å². The number of hydrogen-bond donors (Lipinski definition) is 1. The van der Waals surface area contributed by atoms with E-state index >= 15 is 0 Å². The second-order valence-electron chi connectivity index (χ2n) is 22.2. The molecule has 0 spiro atoms. The van der Waals surface area contributed by atoms with Crippen LogP contribution in [0.2, 0.25) is 0 Å². The lowest BCUT2D eigenvalue weighted by molar-refractivity contribution is -0.161. The van der Waals surface area contributed by atoms with Gasteiger partial charge in [0.05, 0.1) is 6.61 Å². The minimum absolute atomic E-state index is 0.0589. The van der Waals surface area contributed by atoms with Crippen molar-refractivity contribution in [3.05, 3.63) is 48.6 Å². The van der Waals surface area contributed by atoms with E-state index in [1.54, 1.807) is 0 Å². The molecule has 1 N–H and O–H groups in total. The molecule has 0 aromatic carbocycles. The minimum Gasteiger partial charge on any atom is -0.462 e. The summed E-state index contributed by atoms with van der Waals surface area (Å²) in [5.41, 5.74) is 0. The quantitative estimate of drug-likeness (QED) is 0.0373. The van der Waals surface area contributed by atoms with Crippen LogP contribution in [0.5, 0.6) is 0 Å². The molecule has 0 amide bonds. The molecule has 428 valence electrons. The highest BCUT2D eigenvalue weighted by molar-refractivity contribution is 5.70. The van der Waals surface area contributed by atoms with Crippen molar-refractivity contribution in [2.24, 2.45) is 0 Å². The van der Waals surface area contributed by atoms with Crippen molar-refractivity contribution < 1.29 is 24.2 Å². The van der Waals surface area contributed by atoms with Gasteiger partial charge in [-0.3, -0.25) is 9.59 Å². The molecule has 0 aromatic heterocycles. The number of allylic oxidation sites excluding steroid dienone is 8. The van der Waals surface area contributed by atoms with Crippen LogP contribution in [0, 0.1) is 0 Å². The maximum atomic E-state index is 12.3. The molecule has 1 atom stereocenters. The smallest absolute Gasteiger partial charge is 0.306 e. The lowest BCUT2D eigenvalue weighted by Crippen LogP contribution is -2.28. The Morgan fingerprint density at radius 2 is 0.589 bits per heavy atom. The number of carbonyl (C=O) groups excluding carboxylic acids is 2. The summed E-state index contributed by atoms with van der Waals surface area (Å²) < 4.78 is 10.8. The van der Waals surface area contributed by atoms with Gasteiger partial charge in [-0.25, -0.2) is 0 Å². The normalized spacial score (nSPS) is 12.4. The number of carbonyl (C=O) groups is 2. The van der Waals surface area contributed by atoms with E-state index in [4.69, 9.17) is 9.47 Å². The SMILES string of the molecule is CC/C=C\C/C=C\C/C=C\C/C=C\CCCCCCCCCCCCCCCCCCCCCCCCC(=O)OC(CO)COC(=O)CCCCCCCCCCCCCCCCCCCCCCCCCC. The zero-order valence-electron chi connectivity index (χ0n) is 49.2. The van der Waals surface area contributed by atoms with Crippen molar-refractivity contribution in [3.63, 3.8) is 0 Å². The third-order valence-corrected chi connectivity index (χ3v) is 14.9.